The molecule has 4 nitrogen and oxygen atoms in total. The highest BCUT2D eigenvalue weighted by Crippen LogP contribution is 2.17. The van der Waals surface area contributed by atoms with Crippen molar-refractivity contribution in [3.63, 3.8) is 0 Å². The van der Waals surface area contributed by atoms with E-state index in [1.807, 2.05) is 0 Å². The Morgan fingerprint density at radius 3 is 2.75 bits per heavy atom. The van der Waals surface area contributed by atoms with Gasteiger partial charge >= 0.3 is 0 Å². The summed E-state index contributed by atoms with van der Waals surface area (Å²) in [5.41, 5.74) is 9.81. The van der Waals surface area contributed by atoms with E-state index < -0.39 is 0 Å². The van der Waals surface area contributed by atoms with Crippen molar-refractivity contribution in [1.29, 1.82) is 0 Å². The van der Waals surface area contributed by atoms with Gasteiger partial charge in [-0.2, -0.15) is 5.10 Å². The lowest BCUT2D eigenvalue weighted by Gasteiger charge is -2.08. The van der Waals surface area contributed by atoms with Crippen LogP contribution >= 0.6 is 0 Å². The van der Waals surface area contributed by atoms with Gasteiger partial charge in [-0.05, 0) is 37.5 Å². The first-order valence-corrected chi connectivity index (χ1v) is 7.64. The second kappa shape index (κ2) is 6.75. The molecule has 0 amide bonds. The fraction of sp³-hybridized carbons (Fsp3) is 0.562. The zero-order valence-electron chi connectivity index (χ0n) is 12.8. The lowest BCUT2D eigenvalue weighted by molar-refractivity contribution is 0.593. The van der Waals surface area contributed by atoms with Gasteiger partial charge in [-0.15, -0.1) is 0 Å². The van der Waals surface area contributed by atoms with Gasteiger partial charge in [-0.3, -0.25) is 4.68 Å². The molecule has 1 unspecified atom stereocenters. The number of nitrogens with two attached hydrogens (primary N) is 1. The fourth-order valence-corrected chi connectivity index (χ4v) is 2.53. The summed E-state index contributed by atoms with van der Waals surface area (Å²) in [6.45, 7) is 8.22. The SMILES string of the molecule is CCCC(N)c1ccn(Cc2cc(CC)nn2CC)c1. The Labute approximate surface area is 121 Å². The zero-order valence-corrected chi connectivity index (χ0v) is 12.8. The second-order valence-electron chi connectivity index (χ2n) is 5.31. The average molecular weight is 274 g/mol. The molecule has 4 heteroatoms. The van der Waals surface area contributed by atoms with Gasteiger partial charge in [-0.25, -0.2) is 0 Å². The highest BCUT2D eigenvalue weighted by molar-refractivity contribution is 5.17. The Balaban J connectivity index is 2.12. The first-order chi connectivity index (χ1) is 9.67. The van der Waals surface area contributed by atoms with Crippen LogP contribution in [0.25, 0.3) is 0 Å². The van der Waals surface area contributed by atoms with Crippen LogP contribution in [0.5, 0.6) is 0 Å². The van der Waals surface area contributed by atoms with Crippen LogP contribution < -0.4 is 5.73 Å². The predicted octanol–water partition coefficient (Wildman–Crippen LogP) is 3.12. The summed E-state index contributed by atoms with van der Waals surface area (Å²) in [5, 5.41) is 4.59. The van der Waals surface area contributed by atoms with Crippen LogP contribution in [0.3, 0.4) is 0 Å². The molecule has 2 rings (SSSR count). The van der Waals surface area contributed by atoms with Crippen LogP contribution in [-0.4, -0.2) is 14.3 Å². The molecule has 2 aromatic heterocycles. The summed E-state index contributed by atoms with van der Waals surface area (Å²) >= 11 is 0. The van der Waals surface area contributed by atoms with Crippen molar-refractivity contribution in [2.45, 2.75) is 59.2 Å². The largest absolute Gasteiger partial charge is 0.348 e. The van der Waals surface area contributed by atoms with Gasteiger partial charge in [0.15, 0.2) is 0 Å². The van der Waals surface area contributed by atoms with Crippen LogP contribution in [0, 0.1) is 0 Å². The number of nitrogens with zero attached hydrogens (tertiary/aromatic N) is 3. The Morgan fingerprint density at radius 1 is 1.30 bits per heavy atom. The van der Waals surface area contributed by atoms with E-state index in [9.17, 15) is 0 Å². The minimum atomic E-state index is 0.156. The van der Waals surface area contributed by atoms with Gasteiger partial charge in [0.2, 0.25) is 0 Å². The van der Waals surface area contributed by atoms with Gasteiger partial charge < -0.3 is 10.3 Å². The first-order valence-electron chi connectivity index (χ1n) is 7.64. The summed E-state index contributed by atoms with van der Waals surface area (Å²) < 4.78 is 4.29. The molecule has 1 atom stereocenters. The smallest absolute Gasteiger partial charge is 0.0639 e. The lowest BCUT2D eigenvalue weighted by Crippen LogP contribution is -2.09. The molecular weight excluding hydrogens is 248 g/mol. The third-order valence-corrected chi connectivity index (χ3v) is 3.72. The lowest BCUT2D eigenvalue weighted by atomic mass is 10.1. The highest BCUT2D eigenvalue weighted by Gasteiger charge is 2.09. The van der Waals surface area contributed by atoms with E-state index in [0.29, 0.717) is 0 Å². The second-order valence-corrected chi connectivity index (χ2v) is 5.31. The average Bonchev–Trinajstić information content (AvgIpc) is 3.06. The molecule has 2 aromatic rings. The number of hydrogen-bond donors (Lipinski definition) is 1. The van der Waals surface area contributed by atoms with Crippen molar-refractivity contribution in [2.75, 3.05) is 0 Å². The van der Waals surface area contributed by atoms with Crippen LogP contribution in [0.4, 0.5) is 0 Å². The molecule has 2 N–H and O–H groups in total. The van der Waals surface area contributed by atoms with Crippen LogP contribution in [0.1, 0.15) is 56.6 Å². The Kier molecular flexibility index (Phi) is 5.01. The molecule has 0 saturated heterocycles. The maximum Gasteiger partial charge on any atom is 0.0639 e. The molecule has 0 aliphatic carbocycles. The Hall–Kier alpha value is -1.55. The molecule has 0 aliphatic heterocycles. The maximum absolute atomic E-state index is 6.16. The van der Waals surface area contributed by atoms with E-state index in [-0.39, 0.29) is 6.04 Å². The fourth-order valence-electron chi connectivity index (χ4n) is 2.53. The maximum atomic E-state index is 6.16. The molecule has 0 bridgehead atoms. The third-order valence-electron chi connectivity index (χ3n) is 3.72. The quantitative estimate of drug-likeness (QED) is 0.843. The minimum Gasteiger partial charge on any atom is -0.348 e. The molecule has 0 radical (unpaired) electrons. The van der Waals surface area contributed by atoms with Crippen molar-refractivity contribution < 1.29 is 0 Å². The molecule has 0 aromatic carbocycles. The standard InChI is InChI=1S/C16H26N4/c1-4-7-16(17)13-8-9-19(11-13)12-15-10-14(5-2)18-20(15)6-3/h8-11,16H,4-7,12,17H2,1-3H3. The van der Waals surface area contributed by atoms with Gasteiger partial charge in [0, 0.05) is 25.0 Å². The third kappa shape index (κ3) is 3.31. The number of rotatable bonds is 7. The molecule has 0 spiro atoms. The number of aryl methyl sites for hydroxylation is 2. The molecular formula is C16H26N4. The van der Waals surface area contributed by atoms with Crippen molar-refractivity contribution in [3.8, 4) is 0 Å². The molecule has 20 heavy (non-hydrogen) atoms. The summed E-state index contributed by atoms with van der Waals surface area (Å²) in [7, 11) is 0. The van der Waals surface area contributed by atoms with Crippen molar-refractivity contribution >= 4 is 0 Å². The summed E-state index contributed by atoms with van der Waals surface area (Å²) in [6, 6.07) is 4.49. The van der Waals surface area contributed by atoms with E-state index in [1.54, 1.807) is 0 Å². The molecule has 0 fully saturated rings. The number of hydrogen-bond acceptors (Lipinski definition) is 2. The first kappa shape index (κ1) is 14.9. The normalized spacial score (nSPS) is 12.8. The Bertz CT molecular complexity index is 538. The van der Waals surface area contributed by atoms with E-state index in [2.05, 4.69) is 59.6 Å². The van der Waals surface area contributed by atoms with Crippen LogP contribution in [0.15, 0.2) is 24.5 Å². The zero-order chi connectivity index (χ0) is 14.5. The van der Waals surface area contributed by atoms with Gasteiger partial charge in [-0.1, -0.05) is 20.3 Å². The van der Waals surface area contributed by atoms with E-state index in [4.69, 9.17) is 5.73 Å². The number of aromatic nitrogens is 3. The van der Waals surface area contributed by atoms with Crippen molar-refractivity contribution in [2.24, 2.45) is 5.73 Å². The monoisotopic (exact) mass is 274 g/mol. The van der Waals surface area contributed by atoms with E-state index >= 15 is 0 Å². The summed E-state index contributed by atoms with van der Waals surface area (Å²) in [5.74, 6) is 0. The van der Waals surface area contributed by atoms with E-state index in [0.717, 1.165) is 38.0 Å². The van der Waals surface area contributed by atoms with Gasteiger partial charge in [0.25, 0.3) is 0 Å². The van der Waals surface area contributed by atoms with Crippen molar-refractivity contribution in [3.05, 3.63) is 41.5 Å². The highest BCUT2D eigenvalue weighted by atomic mass is 15.3. The van der Waals surface area contributed by atoms with Gasteiger partial charge in [0.1, 0.15) is 0 Å². The summed E-state index contributed by atoms with van der Waals surface area (Å²) in [6.07, 6.45) is 7.42. The molecule has 0 aliphatic rings. The summed E-state index contributed by atoms with van der Waals surface area (Å²) in [4.78, 5) is 0. The van der Waals surface area contributed by atoms with Gasteiger partial charge in [0.05, 0.1) is 17.9 Å². The molecule has 0 saturated carbocycles. The topological polar surface area (TPSA) is 48.8 Å². The Morgan fingerprint density at radius 2 is 2.10 bits per heavy atom. The molecule has 110 valence electrons. The minimum absolute atomic E-state index is 0.156. The molecule has 2 heterocycles. The van der Waals surface area contributed by atoms with E-state index in [1.165, 1.54) is 11.3 Å². The van der Waals surface area contributed by atoms with Crippen LogP contribution in [-0.2, 0) is 19.5 Å². The van der Waals surface area contributed by atoms with Crippen molar-refractivity contribution in [1.82, 2.24) is 14.3 Å². The van der Waals surface area contributed by atoms with Crippen LogP contribution in [0.2, 0.25) is 0 Å². The predicted molar refractivity (Wildman–Crippen MR) is 82.6 cm³/mol.